The second-order valence-corrected chi connectivity index (χ2v) is 12.1. The fourth-order valence-corrected chi connectivity index (χ4v) is 6.23. The van der Waals surface area contributed by atoms with Crippen LogP contribution < -0.4 is 10.1 Å². The fourth-order valence-electron chi connectivity index (χ4n) is 4.80. The highest BCUT2D eigenvalue weighted by Gasteiger charge is 2.25. The first-order chi connectivity index (χ1) is 18.5. The van der Waals surface area contributed by atoms with Gasteiger partial charge >= 0.3 is 0 Å². The molecule has 2 aromatic heterocycles. The Morgan fingerprint density at radius 1 is 1.18 bits per heavy atom. The summed E-state index contributed by atoms with van der Waals surface area (Å²) in [5, 5.41) is 8.76. The van der Waals surface area contributed by atoms with Gasteiger partial charge in [0.1, 0.15) is 17.7 Å². The minimum Gasteiger partial charge on any atom is -0.490 e. The van der Waals surface area contributed by atoms with E-state index in [0.29, 0.717) is 11.1 Å². The number of rotatable bonds is 7. The largest absolute Gasteiger partial charge is 0.490 e. The summed E-state index contributed by atoms with van der Waals surface area (Å²) >= 11 is 0. The number of aryl methyl sites for hydroxylation is 1. The number of ether oxygens (including phenoxy) is 1. The average Bonchev–Trinajstić information content (AvgIpc) is 3.48. The Labute approximate surface area is 226 Å². The van der Waals surface area contributed by atoms with Crippen LogP contribution in [0.2, 0.25) is 0 Å². The van der Waals surface area contributed by atoms with Crippen molar-refractivity contribution in [3.8, 4) is 5.75 Å². The minimum atomic E-state index is -4.12. The second kappa shape index (κ2) is 10.4. The molecule has 0 radical (unpaired) electrons. The lowest BCUT2D eigenvalue weighted by molar-refractivity contribution is 0.102. The van der Waals surface area contributed by atoms with E-state index in [2.05, 4.69) is 32.4 Å². The van der Waals surface area contributed by atoms with Gasteiger partial charge in [0.25, 0.3) is 5.91 Å². The number of imidazole rings is 1. The predicted molar refractivity (Wildman–Crippen MR) is 144 cm³/mol. The standard InChI is InChI=1S/C27H31FN6O4S/c1-16(2)34-24-14-21(38-20-7-9-33(4)10-8-20)5-6-23(24)30-27(34)31-25(35)18-11-19(28)13-22(12-18)39(36,37)26-17(3)15-29-32-26/h5-6,11-16,20H,7-10H2,1-4H3,(H,29,32)(H,30,31,35). The van der Waals surface area contributed by atoms with Crippen molar-refractivity contribution < 1.29 is 22.3 Å². The highest BCUT2D eigenvalue weighted by atomic mass is 32.2. The van der Waals surface area contributed by atoms with E-state index in [9.17, 15) is 17.6 Å². The van der Waals surface area contributed by atoms with Crippen molar-refractivity contribution >= 4 is 32.7 Å². The molecule has 1 aliphatic rings. The monoisotopic (exact) mass is 554 g/mol. The topological polar surface area (TPSA) is 122 Å². The molecular weight excluding hydrogens is 523 g/mol. The van der Waals surface area contributed by atoms with E-state index in [1.807, 2.05) is 36.6 Å². The van der Waals surface area contributed by atoms with Crippen LogP contribution in [0.3, 0.4) is 0 Å². The highest BCUT2D eigenvalue weighted by molar-refractivity contribution is 7.91. The van der Waals surface area contributed by atoms with E-state index >= 15 is 0 Å². The second-order valence-electron chi connectivity index (χ2n) is 10.2. The molecule has 1 saturated heterocycles. The zero-order chi connectivity index (χ0) is 27.9. The lowest BCUT2D eigenvalue weighted by Crippen LogP contribution is -2.35. The summed E-state index contributed by atoms with van der Waals surface area (Å²) in [6.07, 6.45) is 3.40. The fraction of sp³-hybridized carbons (Fsp3) is 0.370. The predicted octanol–water partition coefficient (Wildman–Crippen LogP) is 4.35. The normalized spacial score (nSPS) is 15.2. The number of piperidine rings is 1. The number of hydrogen-bond donors (Lipinski definition) is 2. The van der Waals surface area contributed by atoms with Gasteiger partial charge in [-0.2, -0.15) is 5.10 Å². The van der Waals surface area contributed by atoms with E-state index in [0.717, 1.165) is 55.4 Å². The maximum atomic E-state index is 14.5. The molecule has 0 aliphatic carbocycles. The third-order valence-electron chi connectivity index (χ3n) is 6.87. The molecule has 0 saturated carbocycles. The number of halogens is 1. The molecule has 206 valence electrons. The molecule has 1 amide bonds. The van der Waals surface area contributed by atoms with Crippen LogP contribution in [0.5, 0.6) is 5.75 Å². The van der Waals surface area contributed by atoms with Crippen LogP contribution in [-0.2, 0) is 9.84 Å². The Kier molecular flexibility index (Phi) is 7.17. The minimum absolute atomic E-state index is 0.0734. The van der Waals surface area contributed by atoms with Gasteiger partial charge in [-0.15, -0.1) is 0 Å². The van der Waals surface area contributed by atoms with Crippen LogP contribution >= 0.6 is 0 Å². The molecule has 12 heteroatoms. The number of H-pyrrole nitrogens is 1. The Balaban J connectivity index is 1.44. The number of hydrogen-bond acceptors (Lipinski definition) is 7. The van der Waals surface area contributed by atoms with Crippen LogP contribution in [0.1, 0.15) is 48.7 Å². The maximum Gasteiger partial charge on any atom is 0.258 e. The SMILES string of the molecule is Cc1cn[nH]c1S(=O)(=O)c1cc(F)cc(C(=O)Nc2nc3ccc(OC4CCN(C)CC4)cc3n2C(C)C)c1. The Morgan fingerprint density at radius 2 is 1.92 bits per heavy atom. The number of nitrogens with zero attached hydrogens (tertiary/aromatic N) is 4. The molecule has 1 fully saturated rings. The van der Waals surface area contributed by atoms with Crippen molar-refractivity contribution in [1.29, 1.82) is 0 Å². The molecule has 0 unspecified atom stereocenters. The Morgan fingerprint density at radius 3 is 2.59 bits per heavy atom. The molecule has 0 spiro atoms. The summed E-state index contributed by atoms with van der Waals surface area (Å²) in [7, 11) is -2.02. The first-order valence-corrected chi connectivity index (χ1v) is 14.3. The van der Waals surface area contributed by atoms with Gasteiger partial charge in [0.2, 0.25) is 15.8 Å². The number of fused-ring (bicyclic) bond motifs is 1. The zero-order valence-corrected chi connectivity index (χ0v) is 23.0. The van der Waals surface area contributed by atoms with Crippen LogP contribution in [-0.4, -0.2) is 65.2 Å². The van der Waals surface area contributed by atoms with E-state index in [-0.39, 0.29) is 33.6 Å². The molecule has 2 aromatic carbocycles. The number of benzene rings is 2. The number of carbonyl (C=O) groups is 1. The third kappa shape index (κ3) is 5.39. The van der Waals surface area contributed by atoms with Crippen molar-refractivity contribution in [3.63, 3.8) is 0 Å². The third-order valence-corrected chi connectivity index (χ3v) is 8.67. The molecule has 0 bridgehead atoms. The number of aromatic amines is 1. The smallest absolute Gasteiger partial charge is 0.258 e. The Hall–Kier alpha value is -3.77. The van der Waals surface area contributed by atoms with Crippen molar-refractivity contribution in [1.82, 2.24) is 24.6 Å². The molecule has 39 heavy (non-hydrogen) atoms. The molecule has 4 aromatic rings. The van der Waals surface area contributed by atoms with E-state index in [1.54, 1.807) is 6.92 Å². The van der Waals surface area contributed by atoms with Crippen LogP contribution in [0.25, 0.3) is 11.0 Å². The van der Waals surface area contributed by atoms with E-state index < -0.39 is 21.6 Å². The van der Waals surface area contributed by atoms with Crippen molar-refractivity contribution in [2.75, 3.05) is 25.5 Å². The summed E-state index contributed by atoms with van der Waals surface area (Å²) in [6.45, 7) is 7.46. The number of likely N-dealkylation sites (tertiary alicyclic amines) is 1. The number of carbonyl (C=O) groups excluding carboxylic acids is 1. The summed E-state index contributed by atoms with van der Waals surface area (Å²) in [4.78, 5) is 19.7. The number of amides is 1. The molecule has 2 N–H and O–H groups in total. The van der Waals surface area contributed by atoms with Gasteiger partial charge in [0.15, 0.2) is 5.03 Å². The highest BCUT2D eigenvalue weighted by Crippen LogP contribution is 2.30. The van der Waals surface area contributed by atoms with Gasteiger partial charge in [-0.25, -0.2) is 17.8 Å². The summed E-state index contributed by atoms with van der Waals surface area (Å²) in [6, 6.07) is 8.56. The summed E-state index contributed by atoms with van der Waals surface area (Å²) in [5.74, 6) is -0.552. The molecule has 0 atom stereocenters. The quantitative estimate of drug-likeness (QED) is 0.348. The lowest BCUT2D eigenvalue weighted by atomic mass is 10.1. The van der Waals surface area contributed by atoms with Crippen LogP contribution in [0, 0.1) is 12.7 Å². The van der Waals surface area contributed by atoms with E-state index in [4.69, 9.17) is 4.74 Å². The number of sulfone groups is 1. The number of aromatic nitrogens is 4. The molecular formula is C27H31FN6O4S. The van der Waals surface area contributed by atoms with Crippen LogP contribution in [0.15, 0.2) is 52.5 Å². The first-order valence-electron chi connectivity index (χ1n) is 12.8. The van der Waals surface area contributed by atoms with E-state index in [1.165, 1.54) is 6.20 Å². The van der Waals surface area contributed by atoms with Gasteiger partial charge in [0.05, 0.1) is 22.1 Å². The van der Waals surface area contributed by atoms with Gasteiger partial charge in [0, 0.05) is 36.3 Å². The van der Waals surface area contributed by atoms with Gasteiger partial charge in [-0.05, 0) is 71.0 Å². The molecule has 1 aliphatic heterocycles. The zero-order valence-electron chi connectivity index (χ0n) is 22.2. The van der Waals surface area contributed by atoms with Gasteiger partial charge < -0.3 is 14.2 Å². The number of anilines is 1. The number of nitrogens with one attached hydrogen (secondary N) is 2. The molecule has 5 rings (SSSR count). The maximum absolute atomic E-state index is 14.5. The van der Waals surface area contributed by atoms with Gasteiger partial charge in [-0.1, -0.05) is 0 Å². The molecule has 10 nitrogen and oxygen atoms in total. The lowest BCUT2D eigenvalue weighted by Gasteiger charge is -2.29. The van der Waals surface area contributed by atoms with Gasteiger partial charge in [-0.3, -0.25) is 15.2 Å². The Bertz CT molecular complexity index is 1640. The first kappa shape index (κ1) is 26.8. The van der Waals surface area contributed by atoms with Crippen LogP contribution in [0.4, 0.5) is 10.3 Å². The van der Waals surface area contributed by atoms with Crippen molar-refractivity contribution in [2.45, 2.75) is 55.7 Å². The summed E-state index contributed by atoms with van der Waals surface area (Å²) in [5.41, 5.74) is 1.67. The average molecular weight is 555 g/mol. The molecule has 3 heterocycles. The van der Waals surface area contributed by atoms with Crippen molar-refractivity contribution in [3.05, 3.63) is 59.5 Å². The van der Waals surface area contributed by atoms with Crippen molar-refractivity contribution in [2.24, 2.45) is 0 Å². The summed E-state index contributed by atoms with van der Waals surface area (Å²) < 4.78 is 48.7.